The van der Waals surface area contributed by atoms with Gasteiger partial charge < -0.3 is 10.2 Å². The molecule has 0 spiro atoms. The lowest BCUT2D eigenvalue weighted by atomic mass is 10.3. The number of aryl methyl sites for hydroxylation is 1. The van der Waals surface area contributed by atoms with Gasteiger partial charge in [-0.1, -0.05) is 6.07 Å². The van der Waals surface area contributed by atoms with Crippen LogP contribution < -0.4 is 5.32 Å². The zero-order valence-electron chi connectivity index (χ0n) is 14.2. The van der Waals surface area contributed by atoms with Crippen molar-refractivity contribution in [1.82, 2.24) is 34.6 Å². The van der Waals surface area contributed by atoms with Crippen molar-refractivity contribution in [3.05, 3.63) is 48.2 Å². The molecule has 126 valence electrons. The molecule has 3 rings (SSSR count). The van der Waals surface area contributed by atoms with Gasteiger partial charge in [-0.3, -0.25) is 14.1 Å². The maximum Gasteiger partial charge on any atom is 0.193 e. The number of aromatic nitrogens is 5. The van der Waals surface area contributed by atoms with Crippen molar-refractivity contribution in [2.24, 2.45) is 12.0 Å². The van der Waals surface area contributed by atoms with Crippen molar-refractivity contribution in [2.75, 3.05) is 20.6 Å². The smallest absolute Gasteiger partial charge is 0.193 e. The number of pyridine rings is 1. The molecule has 0 aliphatic heterocycles. The first kappa shape index (κ1) is 16.0. The molecule has 3 heterocycles. The number of nitrogens with one attached hydrogen (secondary N) is 1. The summed E-state index contributed by atoms with van der Waals surface area (Å²) >= 11 is 0. The third-order valence-electron chi connectivity index (χ3n) is 3.77. The van der Waals surface area contributed by atoms with Crippen LogP contribution in [-0.2, 0) is 20.0 Å². The summed E-state index contributed by atoms with van der Waals surface area (Å²) < 4.78 is 3.81. The highest BCUT2D eigenvalue weighted by atomic mass is 15.3. The molecule has 0 bridgehead atoms. The lowest BCUT2D eigenvalue weighted by molar-refractivity contribution is 0.476. The Morgan fingerprint density at radius 3 is 2.96 bits per heavy atom. The highest BCUT2D eigenvalue weighted by Gasteiger charge is 2.09. The third kappa shape index (κ3) is 3.53. The summed E-state index contributed by atoms with van der Waals surface area (Å²) in [4.78, 5) is 6.40. The number of nitrogens with zero attached hydrogens (tertiary/aromatic N) is 7. The van der Waals surface area contributed by atoms with Crippen LogP contribution in [0.15, 0.2) is 41.8 Å². The standard InChI is InChI=1S/C16H22N8/c1-17-16(22(2)11-13-10-19-23(3)12-13)18-8-7-15-21-20-14-6-4-5-9-24(14)15/h4-6,9-10,12H,7-8,11H2,1-3H3,(H,17,18). The second kappa shape index (κ2) is 7.12. The molecule has 0 saturated carbocycles. The third-order valence-corrected chi connectivity index (χ3v) is 3.77. The Hall–Kier alpha value is -2.90. The summed E-state index contributed by atoms with van der Waals surface area (Å²) in [7, 11) is 5.71. The van der Waals surface area contributed by atoms with E-state index < -0.39 is 0 Å². The summed E-state index contributed by atoms with van der Waals surface area (Å²) in [5.74, 6) is 1.77. The maximum absolute atomic E-state index is 4.33. The Bertz CT molecular complexity index is 831. The van der Waals surface area contributed by atoms with Crippen molar-refractivity contribution in [2.45, 2.75) is 13.0 Å². The van der Waals surface area contributed by atoms with Crippen molar-refractivity contribution in [1.29, 1.82) is 0 Å². The molecule has 24 heavy (non-hydrogen) atoms. The fourth-order valence-electron chi connectivity index (χ4n) is 2.63. The van der Waals surface area contributed by atoms with Crippen molar-refractivity contribution >= 4 is 11.6 Å². The lowest BCUT2D eigenvalue weighted by Crippen LogP contribution is -2.39. The lowest BCUT2D eigenvalue weighted by Gasteiger charge is -2.21. The van der Waals surface area contributed by atoms with Crippen LogP contribution in [0.5, 0.6) is 0 Å². The molecule has 0 amide bonds. The highest BCUT2D eigenvalue weighted by molar-refractivity contribution is 5.79. The van der Waals surface area contributed by atoms with Crippen LogP contribution in [-0.4, -0.2) is 55.9 Å². The van der Waals surface area contributed by atoms with E-state index in [0.717, 1.165) is 42.5 Å². The second-order valence-electron chi connectivity index (χ2n) is 5.65. The van der Waals surface area contributed by atoms with Crippen LogP contribution >= 0.6 is 0 Å². The van der Waals surface area contributed by atoms with Crippen LogP contribution in [0.3, 0.4) is 0 Å². The minimum absolute atomic E-state index is 0.736. The Morgan fingerprint density at radius 1 is 1.33 bits per heavy atom. The zero-order chi connectivity index (χ0) is 16.9. The van der Waals surface area contributed by atoms with Crippen molar-refractivity contribution in [3.8, 4) is 0 Å². The van der Waals surface area contributed by atoms with Crippen molar-refractivity contribution < 1.29 is 0 Å². The van der Waals surface area contributed by atoms with E-state index in [1.54, 1.807) is 11.7 Å². The number of rotatable bonds is 5. The second-order valence-corrected chi connectivity index (χ2v) is 5.65. The molecule has 8 nitrogen and oxygen atoms in total. The van der Waals surface area contributed by atoms with Gasteiger partial charge in [0.25, 0.3) is 0 Å². The first-order valence-corrected chi connectivity index (χ1v) is 7.85. The van der Waals surface area contributed by atoms with Gasteiger partial charge in [0, 0.05) is 58.6 Å². The minimum Gasteiger partial charge on any atom is -0.356 e. The topological polar surface area (TPSA) is 75.6 Å². The number of hydrogen-bond donors (Lipinski definition) is 1. The van der Waals surface area contributed by atoms with Gasteiger partial charge in [-0.25, -0.2) is 0 Å². The summed E-state index contributed by atoms with van der Waals surface area (Å²) in [5.41, 5.74) is 2.01. The summed E-state index contributed by atoms with van der Waals surface area (Å²) in [6.45, 7) is 1.49. The van der Waals surface area contributed by atoms with Crippen LogP contribution in [0.1, 0.15) is 11.4 Å². The van der Waals surface area contributed by atoms with E-state index >= 15 is 0 Å². The zero-order valence-corrected chi connectivity index (χ0v) is 14.2. The van der Waals surface area contributed by atoms with Gasteiger partial charge >= 0.3 is 0 Å². The highest BCUT2D eigenvalue weighted by Crippen LogP contribution is 2.04. The summed E-state index contributed by atoms with van der Waals surface area (Å²) in [5, 5.41) is 16.0. The molecule has 0 aliphatic carbocycles. The van der Waals surface area contributed by atoms with Gasteiger partial charge in [0.15, 0.2) is 11.6 Å². The number of fused-ring (bicyclic) bond motifs is 1. The molecule has 1 N–H and O–H groups in total. The Balaban J connectivity index is 1.56. The molecule has 3 aromatic heterocycles. The van der Waals surface area contributed by atoms with Crippen LogP contribution in [0.25, 0.3) is 5.65 Å². The van der Waals surface area contributed by atoms with E-state index in [4.69, 9.17) is 0 Å². The molecular formula is C16H22N8. The van der Waals surface area contributed by atoms with Gasteiger partial charge in [-0.05, 0) is 12.1 Å². The van der Waals surface area contributed by atoms with E-state index in [0.29, 0.717) is 0 Å². The van der Waals surface area contributed by atoms with Gasteiger partial charge in [0.1, 0.15) is 5.82 Å². The predicted octanol–water partition coefficient (Wildman–Crippen LogP) is 0.713. The largest absolute Gasteiger partial charge is 0.356 e. The van der Waals surface area contributed by atoms with E-state index in [9.17, 15) is 0 Å². The number of hydrogen-bond acceptors (Lipinski definition) is 4. The fraction of sp³-hybridized carbons (Fsp3) is 0.375. The van der Waals surface area contributed by atoms with E-state index in [2.05, 4.69) is 30.5 Å². The Labute approximate surface area is 140 Å². The SMILES string of the molecule is CN=C(NCCc1nnc2ccccn12)N(C)Cc1cnn(C)c1. The average molecular weight is 326 g/mol. The molecule has 3 aromatic rings. The van der Waals surface area contributed by atoms with Crippen LogP contribution in [0.4, 0.5) is 0 Å². The van der Waals surface area contributed by atoms with Crippen LogP contribution in [0.2, 0.25) is 0 Å². The molecule has 0 radical (unpaired) electrons. The van der Waals surface area contributed by atoms with Crippen LogP contribution in [0, 0.1) is 0 Å². The quantitative estimate of drug-likeness (QED) is 0.552. The first-order valence-electron chi connectivity index (χ1n) is 7.85. The molecule has 0 atom stereocenters. The van der Waals surface area contributed by atoms with E-state index in [1.165, 1.54) is 0 Å². The Morgan fingerprint density at radius 2 is 2.21 bits per heavy atom. The molecule has 0 saturated heterocycles. The molecule has 0 fully saturated rings. The molecule has 0 aliphatic rings. The van der Waals surface area contributed by atoms with E-state index in [-0.39, 0.29) is 0 Å². The minimum atomic E-state index is 0.736. The van der Waals surface area contributed by atoms with Gasteiger partial charge in [-0.2, -0.15) is 5.10 Å². The first-order chi connectivity index (χ1) is 11.7. The van der Waals surface area contributed by atoms with Crippen molar-refractivity contribution in [3.63, 3.8) is 0 Å². The van der Waals surface area contributed by atoms with Gasteiger partial charge in [0.05, 0.1) is 6.20 Å². The molecule has 0 aromatic carbocycles. The Kier molecular flexibility index (Phi) is 4.74. The predicted molar refractivity (Wildman–Crippen MR) is 92.7 cm³/mol. The maximum atomic E-state index is 4.33. The number of guanidine groups is 1. The molecule has 0 unspecified atom stereocenters. The monoisotopic (exact) mass is 326 g/mol. The normalized spacial score (nSPS) is 11.9. The fourth-order valence-corrected chi connectivity index (χ4v) is 2.63. The summed E-state index contributed by atoms with van der Waals surface area (Å²) in [6.07, 6.45) is 6.62. The number of aliphatic imine (C=N–C) groups is 1. The van der Waals surface area contributed by atoms with Gasteiger partial charge in [-0.15, -0.1) is 10.2 Å². The van der Waals surface area contributed by atoms with E-state index in [1.807, 2.05) is 55.3 Å². The molecular weight excluding hydrogens is 304 g/mol. The van der Waals surface area contributed by atoms with Gasteiger partial charge in [0.2, 0.25) is 0 Å². The summed E-state index contributed by atoms with van der Waals surface area (Å²) in [6, 6.07) is 5.89. The average Bonchev–Trinajstić information content (AvgIpc) is 3.18. The molecule has 8 heteroatoms.